The molecule has 0 N–H and O–H groups in total. The van der Waals surface area contributed by atoms with Crippen LogP contribution in [0.5, 0.6) is 0 Å². The fourth-order valence-electron chi connectivity index (χ4n) is 2.63. The number of alkyl halides is 1. The first-order valence-corrected chi connectivity index (χ1v) is 6.79. The summed E-state index contributed by atoms with van der Waals surface area (Å²) in [7, 11) is 0. The molecular weight excluding hydrogens is 255 g/mol. The van der Waals surface area contributed by atoms with Gasteiger partial charge in [-0.1, -0.05) is 32.6 Å². The lowest BCUT2D eigenvalue weighted by atomic mass is 9.85. The van der Waals surface area contributed by atoms with E-state index in [1.807, 2.05) is 19.9 Å². The molecule has 0 aromatic carbocycles. The molecule has 0 spiro atoms. The first-order valence-electron chi connectivity index (χ1n) is 6.79. The second kappa shape index (κ2) is 4.72. The van der Waals surface area contributed by atoms with Gasteiger partial charge >= 0.3 is 5.97 Å². The number of ether oxygens (including phenoxy) is 1. The SMILES string of the molecule is C=C(C)C(=O)OC1C2=C(C=CC(C)(F)C=C2)CC1(C)C. The lowest BCUT2D eigenvalue weighted by Gasteiger charge is -2.28. The average Bonchev–Trinajstić information content (AvgIpc) is 2.46. The molecule has 0 heterocycles. The molecule has 2 atom stereocenters. The average molecular weight is 276 g/mol. The van der Waals surface area contributed by atoms with E-state index in [9.17, 15) is 9.18 Å². The van der Waals surface area contributed by atoms with Gasteiger partial charge in [0.2, 0.25) is 0 Å². The molecule has 2 aliphatic carbocycles. The minimum Gasteiger partial charge on any atom is -0.454 e. The number of hydrogen-bond donors (Lipinski definition) is 0. The zero-order valence-corrected chi connectivity index (χ0v) is 12.5. The molecule has 0 aliphatic heterocycles. The summed E-state index contributed by atoms with van der Waals surface area (Å²) in [5.74, 6) is -0.401. The molecular formula is C17H21FO2. The summed E-state index contributed by atoms with van der Waals surface area (Å²) in [4.78, 5) is 11.8. The quantitative estimate of drug-likeness (QED) is 0.561. The topological polar surface area (TPSA) is 26.3 Å². The number of carbonyl (C=O) groups excluding carboxylic acids is 1. The van der Waals surface area contributed by atoms with Gasteiger partial charge in [0.05, 0.1) is 0 Å². The molecule has 2 nitrogen and oxygen atoms in total. The molecule has 108 valence electrons. The Morgan fingerprint density at radius 3 is 2.55 bits per heavy atom. The van der Waals surface area contributed by atoms with E-state index < -0.39 is 11.6 Å². The van der Waals surface area contributed by atoms with Crippen LogP contribution in [0.1, 0.15) is 34.1 Å². The highest BCUT2D eigenvalue weighted by Crippen LogP contribution is 2.46. The Kier molecular flexibility index (Phi) is 3.49. The van der Waals surface area contributed by atoms with Crippen LogP contribution in [0.15, 0.2) is 47.6 Å². The highest BCUT2D eigenvalue weighted by atomic mass is 19.1. The Labute approximate surface area is 119 Å². The normalized spacial score (nSPS) is 30.9. The third kappa shape index (κ3) is 2.77. The molecule has 2 aliphatic rings. The summed E-state index contributed by atoms with van der Waals surface area (Å²) in [6.45, 7) is 10.8. The van der Waals surface area contributed by atoms with Crippen molar-refractivity contribution in [3.8, 4) is 0 Å². The third-order valence-electron chi connectivity index (χ3n) is 3.78. The predicted octanol–water partition coefficient (Wildman–Crippen LogP) is 4.06. The van der Waals surface area contributed by atoms with Crippen LogP contribution in [-0.2, 0) is 9.53 Å². The van der Waals surface area contributed by atoms with E-state index in [0.717, 1.165) is 17.6 Å². The molecule has 3 heteroatoms. The number of halogens is 1. The van der Waals surface area contributed by atoms with E-state index >= 15 is 0 Å². The third-order valence-corrected chi connectivity index (χ3v) is 3.78. The van der Waals surface area contributed by atoms with Gasteiger partial charge < -0.3 is 4.74 Å². The van der Waals surface area contributed by atoms with Crippen molar-refractivity contribution < 1.29 is 13.9 Å². The summed E-state index contributed by atoms with van der Waals surface area (Å²) in [5, 5.41) is 0. The molecule has 0 fully saturated rings. The van der Waals surface area contributed by atoms with Gasteiger partial charge in [0, 0.05) is 11.0 Å². The van der Waals surface area contributed by atoms with Gasteiger partial charge in [-0.05, 0) is 43.6 Å². The molecule has 0 saturated heterocycles. The Morgan fingerprint density at radius 1 is 1.35 bits per heavy atom. The minimum absolute atomic E-state index is 0.200. The number of carbonyl (C=O) groups is 1. The van der Waals surface area contributed by atoms with Gasteiger partial charge in [0.15, 0.2) is 0 Å². The lowest BCUT2D eigenvalue weighted by molar-refractivity contribution is -0.146. The predicted molar refractivity (Wildman–Crippen MR) is 77.9 cm³/mol. The smallest absolute Gasteiger partial charge is 0.333 e. The Morgan fingerprint density at radius 2 is 1.95 bits per heavy atom. The van der Waals surface area contributed by atoms with Gasteiger partial charge in [-0.25, -0.2) is 9.18 Å². The first-order chi connectivity index (χ1) is 9.12. The standard InChI is InChI=1S/C17H21FO2/c1-11(2)15(19)20-14-13-7-9-17(5,18)8-6-12(13)10-16(14,3)4/h6-9,14H,1,10H2,2-5H3. The maximum absolute atomic E-state index is 14.0. The number of hydrogen-bond acceptors (Lipinski definition) is 2. The van der Waals surface area contributed by atoms with E-state index in [1.165, 1.54) is 13.0 Å². The van der Waals surface area contributed by atoms with Crippen molar-refractivity contribution in [2.45, 2.75) is 45.9 Å². The molecule has 20 heavy (non-hydrogen) atoms. The van der Waals surface area contributed by atoms with Crippen molar-refractivity contribution in [1.29, 1.82) is 0 Å². The Balaban J connectivity index is 2.34. The molecule has 2 unspecified atom stereocenters. The molecule has 2 rings (SSSR count). The van der Waals surface area contributed by atoms with Gasteiger partial charge in [-0.15, -0.1) is 0 Å². The van der Waals surface area contributed by atoms with Crippen LogP contribution in [0, 0.1) is 5.41 Å². The zero-order valence-electron chi connectivity index (χ0n) is 12.5. The van der Waals surface area contributed by atoms with Gasteiger partial charge in [0.1, 0.15) is 11.8 Å². The summed E-state index contributed by atoms with van der Waals surface area (Å²) in [6, 6.07) is 0. The highest BCUT2D eigenvalue weighted by molar-refractivity contribution is 5.87. The number of esters is 1. The van der Waals surface area contributed by atoms with Gasteiger partial charge in [0.25, 0.3) is 0 Å². The molecule has 0 aromatic rings. The van der Waals surface area contributed by atoms with Crippen LogP contribution >= 0.6 is 0 Å². The second-order valence-electron chi connectivity index (χ2n) is 6.53. The van der Waals surface area contributed by atoms with E-state index in [-0.39, 0.29) is 11.5 Å². The van der Waals surface area contributed by atoms with Gasteiger partial charge in [-0.3, -0.25) is 0 Å². The fraction of sp³-hybridized carbons (Fsp3) is 0.471. The van der Waals surface area contributed by atoms with Crippen molar-refractivity contribution in [2.24, 2.45) is 5.41 Å². The lowest BCUT2D eigenvalue weighted by Crippen LogP contribution is -2.31. The van der Waals surface area contributed by atoms with E-state index in [4.69, 9.17) is 4.74 Å². The first kappa shape index (κ1) is 14.8. The number of rotatable bonds is 2. The van der Waals surface area contributed by atoms with E-state index in [2.05, 4.69) is 6.58 Å². The van der Waals surface area contributed by atoms with E-state index in [0.29, 0.717) is 5.57 Å². The van der Waals surface area contributed by atoms with Crippen LogP contribution in [0.2, 0.25) is 0 Å². The summed E-state index contributed by atoms with van der Waals surface area (Å²) in [6.07, 6.45) is 7.01. The highest BCUT2D eigenvalue weighted by Gasteiger charge is 2.42. The summed E-state index contributed by atoms with van der Waals surface area (Å²) in [5.41, 5.74) is 0.638. The summed E-state index contributed by atoms with van der Waals surface area (Å²) >= 11 is 0. The Bertz CT molecular complexity index is 547. The number of allylic oxidation sites excluding steroid dienone is 4. The van der Waals surface area contributed by atoms with Gasteiger partial charge in [-0.2, -0.15) is 0 Å². The van der Waals surface area contributed by atoms with Crippen LogP contribution in [0.4, 0.5) is 4.39 Å². The van der Waals surface area contributed by atoms with Crippen molar-refractivity contribution in [3.05, 3.63) is 47.6 Å². The molecule has 0 amide bonds. The van der Waals surface area contributed by atoms with Crippen molar-refractivity contribution >= 4 is 5.97 Å². The zero-order chi connectivity index (χ0) is 15.1. The van der Waals surface area contributed by atoms with Crippen LogP contribution in [-0.4, -0.2) is 17.7 Å². The van der Waals surface area contributed by atoms with Crippen molar-refractivity contribution in [1.82, 2.24) is 0 Å². The summed E-state index contributed by atoms with van der Waals surface area (Å²) < 4.78 is 19.6. The largest absolute Gasteiger partial charge is 0.454 e. The van der Waals surface area contributed by atoms with Crippen molar-refractivity contribution in [2.75, 3.05) is 0 Å². The molecule has 0 aromatic heterocycles. The monoisotopic (exact) mass is 276 g/mol. The second-order valence-corrected chi connectivity index (χ2v) is 6.53. The van der Waals surface area contributed by atoms with Crippen molar-refractivity contribution in [3.63, 3.8) is 0 Å². The van der Waals surface area contributed by atoms with Crippen LogP contribution in [0.25, 0.3) is 0 Å². The maximum atomic E-state index is 14.0. The Hall–Kier alpha value is -1.64. The van der Waals surface area contributed by atoms with Crippen LogP contribution in [0.3, 0.4) is 0 Å². The molecule has 0 bridgehead atoms. The van der Waals surface area contributed by atoms with E-state index in [1.54, 1.807) is 19.1 Å². The minimum atomic E-state index is -1.46. The molecule has 0 saturated carbocycles. The fourth-order valence-corrected chi connectivity index (χ4v) is 2.63. The van der Waals surface area contributed by atoms with Crippen LogP contribution < -0.4 is 0 Å². The maximum Gasteiger partial charge on any atom is 0.333 e. The molecule has 0 radical (unpaired) electrons.